The maximum absolute atomic E-state index is 12.3. The highest BCUT2D eigenvalue weighted by atomic mass is 32.2. The van der Waals surface area contributed by atoms with E-state index >= 15 is 0 Å². The summed E-state index contributed by atoms with van der Waals surface area (Å²) in [6, 6.07) is 24.1. The van der Waals surface area contributed by atoms with E-state index in [2.05, 4.69) is 22.4 Å². The molecule has 1 fully saturated rings. The molecule has 46 heavy (non-hydrogen) atoms. The van der Waals surface area contributed by atoms with Gasteiger partial charge < -0.3 is 24.5 Å². The molecule has 1 saturated heterocycles. The number of hydrogen-bond acceptors (Lipinski definition) is 8. The highest BCUT2D eigenvalue weighted by Crippen LogP contribution is 2.40. The zero-order valence-electron chi connectivity index (χ0n) is 25.8. The lowest BCUT2D eigenvalue weighted by molar-refractivity contribution is -0.245. The minimum Gasteiger partial charge on any atom is -0.392 e. The molecule has 2 amide bonds. The van der Waals surface area contributed by atoms with Crippen molar-refractivity contribution < 1.29 is 29.4 Å². The number of rotatable bonds is 14. The van der Waals surface area contributed by atoms with Crippen molar-refractivity contribution >= 4 is 23.6 Å². The number of carbonyl (C=O) groups is 2. The number of aromatic nitrogens is 2. The average molecular weight is 645 g/mol. The lowest BCUT2D eigenvalue weighted by Crippen LogP contribution is -2.31. The fourth-order valence-electron chi connectivity index (χ4n) is 5.32. The summed E-state index contributed by atoms with van der Waals surface area (Å²) in [5, 5.41) is 22.0. The Bertz CT molecular complexity index is 1590. The van der Waals surface area contributed by atoms with Crippen LogP contribution < -0.4 is 10.8 Å². The van der Waals surface area contributed by atoms with Crippen LogP contribution in [-0.4, -0.2) is 43.5 Å². The first-order valence-electron chi connectivity index (χ1n) is 15.4. The number of thioether (sulfide) groups is 1. The fraction of sp³-hybridized carbons (Fsp3) is 0.343. The Hall–Kier alpha value is -4.00. The SMILES string of the molecule is Cn1ccnc1SC[C@H]1C[C@@H](c2ccc(CO)cc2)O[C@@H](c2cccc(-c3cccc(CNC(=O)CCCCC(=O)NO)c3)c2)O1. The Kier molecular flexibility index (Phi) is 12.0. The van der Waals surface area contributed by atoms with Gasteiger partial charge in [0, 0.05) is 56.6 Å². The van der Waals surface area contributed by atoms with E-state index < -0.39 is 12.2 Å². The van der Waals surface area contributed by atoms with E-state index in [9.17, 15) is 14.7 Å². The fourth-order valence-corrected chi connectivity index (χ4v) is 6.27. The number of unbranched alkanes of at least 4 members (excludes halogenated alkanes) is 1. The summed E-state index contributed by atoms with van der Waals surface area (Å²) >= 11 is 1.66. The summed E-state index contributed by atoms with van der Waals surface area (Å²) in [7, 11) is 1.98. The van der Waals surface area contributed by atoms with Crippen molar-refractivity contribution in [3.8, 4) is 11.1 Å². The van der Waals surface area contributed by atoms with Crippen LogP contribution in [0.1, 0.15) is 66.8 Å². The van der Waals surface area contributed by atoms with Gasteiger partial charge in [0.1, 0.15) is 0 Å². The molecule has 1 aliphatic rings. The van der Waals surface area contributed by atoms with E-state index in [0.717, 1.165) is 44.3 Å². The van der Waals surface area contributed by atoms with Crippen molar-refractivity contribution in [1.82, 2.24) is 20.3 Å². The molecule has 4 N–H and O–H groups in total. The smallest absolute Gasteiger partial charge is 0.243 e. The number of aliphatic hydroxyl groups excluding tert-OH is 1. The van der Waals surface area contributed by atoms with Crippen LogP contribution in [0.4, 0.5) is 0 Å². The van der Waals surface area contributed by atoms with Gasteiger partial charge in [0.25, 0.3) is 0 Å². The van der Waals surface area contributed by atoms with Crippen LogP contribution in [0, 0.1) is 0 Å². The van der Waals surface area contributed by atoms with Crippen molar-refractivity contribution in [3.05, 3.63) is 107 Å². The van der Waals surface area contributed by atoms with Gasteiger partial charge in [-0.1, -0.05) is 72.4 Å². The summed E-state index contributed by atoms with van der Waals surface area (Å²) in [4.78, 5) is 27.9. The Morgan fingerprint density at radius 2 is 1.67 bits per heavy atom. The van der Waals surface area contributed by atoms with Crippen LogP contribution in [0.2, 0.25) is 0 Å². The molecule has 0 spiro atoms. The van der Waals surface area contributed by atoms with Crippen LogP contribution in [0.3, 0.4) is 0 Å². The van der Waals surface area contributed by atoms with Crippen LogP contribution in [0.5, 0.6) is 0 Å². The molecule has 10 nitrogen and oxygen atoms in total. The van der Waals surface area contributed by atoms with Crippen molar-refractivity contribution in [2.24, 2.45) is 7.05 Å². The molecular weight excluding hydrogens is 604 g/mol. The van der Waals surface area contributed by atoms with E-state index in [1.54, 1.807) is 23.4 Å². The molecule has 0 unspecified atom stereocenters. The monoisotopic (exact) mass is 644 g/mol. The van der Waals surface area contributed by atoms with E-state index in [1.165, 1.54) is 0 Å². The van der Waals surface area contributed by atoms with Crippen LogP contribution in [0.15, 0.2) is 90.3 Å². The number of amides is 2. The summed E-state index contributed by atoms with van der Waals surface area (Å²) in [5.74, 6) is 0.191. The van der Waals surface area contributed by atoms with Gasteiger partial charge in [-0.05, 0) is 52.8 Å². The second kappa shape index (κ2) is 16.5. The molecule has 4 aromatic rings. The second-order valence-corrected chi connectivity index (χ2v) is 12.3. The van der Waals surface area contributed by atoms with Gasteiger partial charge in [-0.15, -0.1) is 0 Å². The van der Waals surface area contributed by atoms with Gasteiger partial charge >= 0.3 is 0 Å². The molecule has 0 radical (unpaired) electrons. The minimum atomic E-state index is -0.575. The summed E-state index contributed by atoms with van der Waals surface area (Å²) in [6.45, 7) is 0.388. The largest absolute Gasteiger partial charge is 0.392 e. The van der Waals surface area contributed by atoms with Gasteiger partial charge in [0.2, 0.25) is 11.8 Å². The molecule has 0 bridgehead atoms. The molecule has 3 aromatic carbocycles. The highest BCUT2D eigenvalue weighted by molar-refractivity contribution is 7.99. The molecule has 2 heterocycles. The zero-order valence-corrected chi connectivity index (χ0v) is 26.6. The first-order chi connectivity index (χ1) is 22.4. The first-order valence-corrected chi connectivity index (χ1v) is 16.4. The maximum atomic E-state index is 12.3. The van der Waals surface area contributed by atoms with Crippen molar-refractivity contribution in [3.63, 3.8) is 0 Å². The number of hydrogen-bond donors (Lipinski definition) is 4. The molecule has 242 valence electrons. The summed E-state index contributed by atoms with van der Waals surface area (Å²) in [5.41, 5.74) is 7.40. The number of benzene rings is 3. The zero-order chi connectivity index (χ0) is 32.3. The Balaban J connectivity index is 1.26. The average Bonchev–Trinajstić information content (AvgIpc) is 3.52. The molecule has 5 rings (SSSR count). The minimum absolute atomic E-state index is 0.00573. The van der Waals surface area contributed by atoms with Crippen LogP contribution >= 0.6 is 11.8 Å². The third kappa shape index (κ3) is 9.27. The van der Waals surface area contributed by atoms with Crippen molar-refractivity contribution in [2.75, 3.05) is 5.75 Å². The molecule has 0 saturated carbocycles. The number of carbonyl (C=O) groups excluding carboxylic acids is 2. The standard InChI is InChI=1S/C35H40N4O6S/c1-39-17-16-36-35(39)46-23-30-20-31(26-14-12-24(22-40)13-15-26)45-34(44-30)29-9-5-8-28(19-29)27-7-4-6-25(18-27)21-37-32(41)10-2-3-11-33(42)38-43/h4-9,12-19,30-31,34,40,43H,2-3,10-11,20-23H2,1H3,(H,37,41)(H,38,42)/t30-,31+,34+/m1/s1. The first kappa shape index (κ1) is 33.4. The molecule has 0 aliphatic carbocycles. The molecule has 11 heteroatoms. The molecule has 1 aromatic heterocycles. The van der Waals surface area contributed by atoms with Crippen LogP contribution in [0.25, 0.3) is 11.1 Å². The van der Waals surface area contributed by atoms with Gasteiger partial charge in [-0.3, -0.25) is 14.8 Å². The second-order valence-electron chi connectivity index (χ2n) is 11.3. The van der Waals surface area contributed by atoms with E-state index in [1.807, 2.05) is 78.5 Å². The third-order valence-corrected chi connectivity index (χ3v) is 9.07. The lowest BCUT2D eigenvalue weighted by Gasteiger charge is -2.36. The van der Waals surface area contributed by atoms with E-state index in [-0.39, 0.29) is 31.1 Å². The number of aryl methyl sites for hydroxylation is 1. The Morgan fingerprint density at radius 1 is 0.935 bits per heavy atom. The number of aliphatic hydroxyl groups is 1. The van der Waals surface area contributed by atoms with Gasteiger partial charge in [-0.2, -0.15) is 0 Å². The number of nitrogens with one attached hydrogen (secondary N) is 2. The highest BCUT2D eigenvalue weighted by Gasteiger charge is 2.32. The number of nitrogens with zero attached hydrogens (tertiary/aromatic N) is 2. The summed E-state index contributed by atoms with van der Waals surface area (Å²) < 4.78 is 15.1. The van der Waals surface area contributed by atoms with Crippen molar-refractivity contribution in [2.45, 2.75) is 68.9 Å². The van der Waals surface area contributed by atoms with Gasteiger partial charge in [-0.25, -0.2) is 10.5 Å². The quantitative estimate of drug-likeness (QED) is 0.0603. The van der Waals surface area contributed by atoms with Gasteiger partial charge in [0.05, 0.1) is 18.8 Å². The van der Waals surface area contributed by atoms with E-state index in [0.29, 0.717) is 32.2 Å². The molecule has 3 atom stereocenters. The summed E-state index contributed by atoms with van der Waals surface area (Å²) in [6.07, 6.45) is 5.18. The predicted octanol–water partition coefficient (Wildman–Crippen LogP) is 5.60. The predicted molar refractivity (Wildman–Crippen MR) is 174 cm³/mol. The maximum Gasteiger partial charge on any atom is 0.243 e. The van der Waals surface area contributed by atoms with E-state index in [4.69, 9.17) is 14.7 Å². The molecular formula is C35H40N4O6S. The van der Waals surface area contributed by atoms with Gasteiger partial charge in [0.15, 0.2) is 11.4 Å². The number of imidazole rings is 1. The normalized spacial score (nSPS) is 17.8. The lowest BCUT2D eigenvalue weighted by atomic mass is 9.99. The van der Waals surface area contributed by atoms with Crippen LogP contribution in [-0.2, 0) is 39.3 Å². The van der Waals surface area contributed by atoms with Crippen molar-refractivity contribution in [1.29, 1.82) is 0 Å². The number of ether oxygens (including phenoxy) is 2. The third-order valence-electron chi connectivity index (χ3n) is 7.88. The topological polar surface area (TPSA) is 135 Å². The molecule has 1 aliphatic heterocycles. The Labute approximate surface area is 273 Å². The number of hydroxylamine groups is 1. The Morgan fingerprint density at radius 3 is 2.39 bits per heavy atom.